The molecular weight excluding hydrogens is 376 g/mol. The maximum atomic E-state index is 12.6. The number of sulfonamides is 1. The van der Waals surface area contributed by atoms with Crippen LogP contribution in [0.25, 0.3) is 5.69 Å². The van der Waals surface area contributed by atoms with Crippen LogP contribution in [-0.4, -0.2) is 46.0 Å². The molecule has 148 valence electrons. The van der Waals surface area contributed by atoms with Crippen molar-refractivity contribution in [3.8, 4) is 5.69 Å². The Morgan fingerprint density at radius 1 is 1.04 bits per heavy atom. The van der Waals surface area contributed by atoms with Crippen molar-refractivity contribution in [2.75, 3.05) is 18.4 Å². The van der Waals surface area contributed by atoms with Gasteiger partial charge in [-0.05, 0) is 47.2 Å². The van der Waals surface area contributed by atoms with Crippen molar-refractivity contribution in [3.63, 3.8) is 0 Å². The first-order valence-corrected chi connectivity index (χ1v) is 10.6. The Hall–Kier alpha value is -2.78. The van der Waals surface area contributed by atoms with Crippen LogP contribution >= 0.6 is 0 Å². The van der Waals surface area contributed by atoms with Crippen molar-refractivity contribution in [1.82, 2.24) is 24.5 Å². The molecule has 0 aliphatic heterocycles. The van der Waals surface area contributed by atoms with E-state index < -0.39 is 10.0 Å². The summed E-state index contributed by atoms with van der Waals surface area (Å²) >= 11 is 0. The quantitative estimate of drug-likeness (QED) is 0.625. The SMILES string of the molecule is CCN(CC)S(=O)(=O)c1ccc([C@H](C)Nc2nnnn2-c2ccccc2)cc1. The predicted octanol–water partition coefficient (Wildman–Crippen LogP) is 2.87. The third-order valence-corrected chi connectivity index (χ3v) is 6.60. The van der Waals surface area contributed by atoms with Gasteiger partial charge in [0, 0.05) is 13.1 Å². The molecule has 1 N–H and O–H groups in total. The van der Waals surface area contributed by atoms with E-state index in [1.807, 2.05) is 63.2 Å². The van der Waals surface area contributed by atoms with Gasteiger partial charge in [0.1, 0.15) is 0 Å². The Bertz CT molecular complexity index is 998. The molecule has 0 amide bonds. The molecule has 1 heterocycles. The summed E-state index contributed by atoms with van der Waals surface area (Å²) in [4.78, 5) is 0.293. The summed E-state index contributed by atoms with van der Waals surface area (Å²) < 4.78 is 28.3. The van der Waals surface area contributed by atoms with Crippen LogP contribution in [0.2, 0.25) is 0 Å². The molecular formula is C19H24N6O2S. The fourth-order valence-corrected chi connectivity index (χ4v) is 4.40. The maximum absolute atomic E-state index is 12.6. The van der Waals surface area contributed by atoms with Gasteiger partial charge in [-0.25, -0.2) is 8.42 Å². The van der Waals surface area contributed by atoms with Gasteiger partial charge in [-0.3, -0.25) is 0 Å². The van der Waals surface area contributed by atoms with E-state index in [0.717, 1.165) is 11.3 Å². The number of rotatable bonds is 8. The lowest BCUT2D eigenvalue weighted by atomic mass is 10.1. The normalized spacial score (nSPS) is 12.9. The number of anilines is 1. The number of para-hydroxylation sites is 1. The van der Waals surface area contributed by atoms with E-state index in [1.165, 1.54) is 4.31 Å². The zero-order valence-electron chi connectivity index (χ0n) is 16.1. The van der Waals surface area contributed by atoms with Gasteiger partial charge in [-0.1, -0.05) is 49.3 Å². The standard InChI is InChI=1S/C19H24N6O2S/c1-4-24(5-2)28(26,27)18-13-11-16(12-14-18)15(3)20-19-21-22-23-25(19)17-9-7-6-8-10-17/h6-15H,4-5H2,1-3H3,(H,20,21,23)/t15-/m0/s1. The number of hydrogen-bond acceptors (Lipinski definition) is 6. The summed E-state index contributed by atoms with van der Waals surface area (Å²) in [5.41, 5.74) is 1.78. The summed E-state index contributed by atoms with van der Waals surface area (Å²) in [5, 5.41) is 15.1. The van der Waals surface area contributed by atoms with E-state index >= 15 is 0 Å². The van der Waals surface area contributed by atoms with Gasteiger partial charge >= 0.3 is 0 Å². The highest BCUT2D eigenvalue weighted by molar-refractivity contribution is 7.89. The molecule has 0 unspecified atom stereocenters. The fraction of sp³-hybridized carbons (Fsp3) is 0.316. The summed E-state index contributed by atoms with van der Waals surface area (Å²) in [6.07, 6.45) is 0. The molecule has 28 heavy (non-hydrogen) atoms. The van der Waals surface area contributed by atoms with Gasteiger partial charge in [0.25, 0.3) is 0 Å². The highest BCUT2D eigenvalue weighted by Crippen LogP contribution is 2.22. The zero-order valence-corrected chi connectivity index (χ0v) is 17.0. The molecule has 0 saturated heterocycles. The fourth-order valence-electron chi connectivity index (χ4n) is 2.94. The second-order valence-electron chi connectivity index (χ2n) is 6.27. The van der Waals surface area contributed by atoms with Crippen LogP contribution in [-0.2, 0) is 10.0 Å². The number of nitrogens with one attached hydrogen (secondary N) is 1. The molecule has 1 atom stereocenters. The van der Waals surface area contributed by atoms with Crippen molar-refractivity contribution < 1.29 is 8.42 Å². The van der Waals surface area contributed by atoms with Gasteiger partial charge in [0.2, 0.25) is 16.0 Å². The van der Waals surface area contributed by atoms with E-state index in [0.29, 0.717) is 23.9 Å². The highest BCUT2D eigenvalue weighted by Gasteiger charge is 2.21. The van der Waals surface area contributed by atoms with Crippen LogP contribution in [0.5, 0.6) is 0 Å². The van der Waals surface area contributed by atoms with Crippen LogP contribution in [0.1, 0.15) is 32.4 Å². The molecule has 3 aromatic rings. The van der Waals surface area contributed by atoms with Crippen LogP contribution in [0, 0.1) is 0 Å². The molecule has 0 aliphatic rings. The lowest BCUT2D eigenvalue weighted by molar-refractivity contribution is 0.445. The summed E-state index contributed by atoms with van der Waals surface area (Å²) in [6.45, 7) is 6.52. The number of hydrogen-bond donors (Lipinski definition) is 1. The van der Waals surface area contributed by atoms with Crippen LogP contribution in [0.3, 0.4) is 0 Å². The van der Waals surface area contributed by atoms with E-state index in [2.05, 4.69) is 20.8 Å². The van der Waals surface area contributed by atoms with Crippen molar-refractivity contribution >= 4 is 16.0 Å². The van der Waals surface area contributed by atoms with E-state index in [9.17, 15) is 8.42 Å². The van der Waals surface area contributed by atoms with Crippen LogP contribution in [0.15, 0.2) is 59.5 Å². The Kier molecular flexibility index (Phi) is 6.05. The third-order valence-electron chi connectivity index (χ3n) is 4.54. The largest absolute Gasteiger partial charge is 0.346 e. The van der Waals surface area contributed by atoms with Crippen molar-refractivity contribution in [2.45, 2.75) is 31.7 Å². The van der Waals surface area contributed by atoms with Gasteiger partial charge in [-0.2, -0.15) is 8.99 Å². The van der Waals surface area contributed by atoms with Crippen LogP contribution < -0.4 is 5.32 Å². The molecule has 1 aromatic heterocycles. The number of nitrogens with zero attached hydrogens (tertiary/aromatic N) is 5. The Labute approximate surface area is 165 Å². The molecule has 0 bridgehead atoms. The number of benzene rings is 2. The molecule has 2 aromatic carbocycles. The Balaban J connectivity index is 1.78. The summed E-state index contributed by atoms with van der Waals surface area (Å²) in [6, 6.07) is 16.4. The van der Waals surface area contributed by atoms with Gasteiger partial charge in [0.15, 0.2) is 0 Å². The maximum Gasteiger partial charge on any atom is 0.248 e. The molecule has 0 aliphatic carbocycles. The first-order valence-electron chi connectivity index (χ1n) is 9.17. The van der Waals surface area contributed by atoms with Gasteiger partial charge < -0.3 is 5.32 Å². The van der Waals surface area contributed by atoms with E-state index in [-0.39, 0.29) is 6.04 Å². The van der Waals surface area contributed by atoms with E-state index in [1.54, 1.807) is 16.8 Å². The van der Waals surface area contributed by atoms with Crippen LogP contribution in [0.4, 0.5) is 5.95 Å². The Morgan fingerprint density at radius 2 is 1.68 bits per heavy atom. The average molecular weight is 401 g/mol. The minimum Gasteiger partial charge on any atom is -0.346 e. The number of tetrazole rings is 1. The molecule has 8 nitrogen and oxygen atoms in total. The summed E-state index contributed by atoms with van der Waals surface area (Å²) in [7, 11) is -3.46. The third kappa shape index (κ3) is 4.05. The lowest BCUT2D eigenvalue weighted by Crippen LogP contribution is -2.30. The van der Waals surface area contributed by atoms with Crippen molar-refractivity contribution in [3.05, 3.63) is 60.2 Å². The van der Waals surface area contributed by atoms with Gasteiger partial charge in [0.05, 0.1) is 16.6 Å². The molecule has 0 saturated carbocycles. The lowest BCUT2D eigenvalue weighted by Gasteiger charge is -2.19. The smallest absolute Gasteiger partial charge is 0.248 e. The van der Waals surface area contributed by atoms with Crippen molar-refractivity contribution in [2.24, 2.45) is 0 Å². The first kappa shape index (κ1) is 20.0. The van der Waals surface area contributed by atoms with E-state index in [4.69, 9.17) is 0 Å². The molecule has 9 heteroatoms. The molecule has 0 spiro atoms. The first-order chi connectivity index (χ1) is 13.5. The Morgan fingerprint density at radius 3 is 2.29 bits per heavy atom. The highest BCUT2D eigenvalue weighted by atomic mass is 32.2. The average Bonchev–Trinajstić information content (AvgIpc) is 3.17. The monoisotopic (exact) mass is 400 g/mol. The topological polar surface area (TPSA) is 93.0 Å². The van der Waals surface area contributed by atoms with Crippen molar-refractivity contribution in [1.29, 1.82) is 0 Å². The minimum absolute atomic E-state index is 0.112. The second kappa shape index (κ2) is 8.49. The second-order valence-corrected chi connectivity index (χ2v) is 8.21. The zero-order chi connectivity index (χ0) is 20.1. The molecule has 3 rings (SSSR count). The minimum atomic E-state index is -3.46. The summed E-state index contributed by atoms with van der Waals surface area (Å²) in [5.74, 6) is 0.513. The molecule has 0 radical (unpaired) electrons. The molecule has 0 fully saturated rings. The van der Waals surface area contributed by atoms with Gasteiger partial charge in [-0.15, -0.1) is 0 Å². The predicted molar refractivity (Wildman–Crippen MR) is 108 cm³/mol. The number of aromatic nitrogens is 4.